The average molecular weight is 1380 g/mol. The number of fused-ring (bicyclic) bond motifs is 34. The van der Waals surface area contributed by atoms with Crippen LogP contribution in [0.1, 0.15) is 61.2 Å². The van der Waals surface area contributed by atoms with Crippen LogP contribution in [0, 0.1) is 20.8 Å². The maximum Gasteiger partial charge on any atom is 0.0732 e. The summed E-state index contributed by atoms with van der Waals surface area (Å²) >= 11 is 0. The Morgan fingerprint density at radius 2 is 0.550 bits per heavy atom. The Labute approximate surface area is 634 Å². The molecule has 0 N–H and O–H groups in total. The first-order valence-electron chi connectivity index (χ1n) is 38.3. The summed E-state index contributed by atoms with van der Waals surface area (Å²) in [6.45, 7) is 6.85. The third kappa shape index (κ3) is 8.25. The maximum atomic E-state index is 2.64. The Bertz CT molecular complexity index is 7070. The van der Waals surface area contributed by atoms with Gasteiger partial charge in [0.25, 0.3) is 0 Å². The van der Waals surface area contributed by atoms with Crippen LogP contribution in [0.25, 0.3) is 131 Å². The third-order valence-electron chi connectivity index (χ3n) is 25.2. The molecule has 0 aliphatic heterocycles. The second-order valence-electron chi connectivity index (χ2n) is 30.4. The van der Waals surface area contributed by atoms with Gasteiger partial charge in [-0.1, -0.05) is 322 Å². The molecule has 19 aromatic carbocycles. The fraction of sp³-hybridized carbons (Fsp3) is 0.0467. The van der Waals surface area contributed by atoms with Crippen molar-refractivity contribution < 1.29 is 0 Å². The lowest BCUT2D eigenvalue weighted by atomic mass is 9.68. The molecule has 0 amide bonds. The number of rotatable bonds is 8. The Morgan fingerprint density at radius 3 is 1.10 bits per heavy atom. The van der Waals surface area contributed by atoms with Crippen LogP contribution in [0.5, 0.6) is 0 Å². The third-order valence-corrected chi connectivity index (χ3v) is 25.2. The van der Waals surface area contributed by atoms with E-state index in [1.807, 2.05) is 0 Å². The van der Waals surface area contributed by atoms with Gasteiger partial charge in [0.2, 0.25) is 0 Å². The molecule has 508 valence electrons. The molecule has 0 aromatic heterocycles. The second-order valence-corrected chi connectivity index (χ2v) is 30.4. The van der Waals surface area contributed by atoms with E-state index in [0.717, 1.165) is 45.3 Å². The number of nitrogens with zero attached hydrogens (tertiary/aromatic N) is 2. The topological polar surface area (TPSA) is 6.48 Å². The largest absolute Gasteiger partial charge is 0.310 e. The molecule has 2 heteroatoms. The van der Waals surface area contributed by atoms with Crippen LogP contribution >= 0.6 is 0 Å². The van der Waals surface area contributed by atoms with Crippen molar-refractivity contribution in [3.8, 4) is 66.8 Å². The van der Waals surface area contributed by atoms with Gasteiger partial charge in [-0.05, 0) is 246 Å². The lowest BCUT2D eigenvalue weighted by Gasteiger charge is -2.34. The minimum Gasteiger partial charge on any atom is -0.310 e. The highest BCUT2D eigenvalue weighted by atomic mass is 15.2. The summed E-state index contributed by atoms with van der Waals surface area (Å²) in [7, 11) is 0. The van der Waals surface area contributed by atoms with E-state index < -0.39 is 10.8 Å². The highest BCUT2D eigenvalue weighted by Gasteiger charge is 2.56. The van der Waals surface area contributed by atoms with E-state index in [2.05, 4.69) is 401 Å². The molecule has 4 aliphatic rings. The molecule has 2 nitrogen and oxygen atoms in total. The van der Waals surface area contributed by atoms with E-state index in [1.165, 1.54) is 181 Å². The smallest absolute Gasteiger partial charge is 0.0732 e. The second kappa shape index (κ2) is 23.2. The number of anilines is 6. The van der Waals surface area contributed by atoms with Crippen LogP contribution in [0.4, 0.5) is 34.1 Å². The highest BCUT2D eigenvalue weighted by molar-refractivity contribution is 6.28. The Balaban J connectivity index is 0.804. The minimum atomic E-state index is -0.761. The van der Waals surface area contributed by atoms with Crippen molar-refractivity contribution >= 4 is 98.8 Å². The van der Waals surface area contributed by atoms with Crippen molar-refractivity contribution in [2.45, 2.75) is 31.6 Å². The van der Waals surface area contributed by atoms with E-state index >= 15 is 0 Å². The zero-order chi connectivity index (χ0) is 72.0. The van der Waals surface area contributed by atoms with Gasteiger partial charge in [-0.3, -0.25) is 0 Å². The van der Waals surface area contributed by atoms with Gasteiger partial charge in [0.05, 0.1) is 27.9 Å². The summed E-state index contributed by atoms with van der Waals surface area (Å²) < 4.78 is 0. The summed E-state index contributed by atoms with van der Waals surface area (Å²) in [4.78, 5) is 5.17. The van der Waals surface area contributed by atoms with Gasteiger partial charge in [0, 0.05) is 33.4 Å². The SMILES string of the molecule is Cc1cc(C)c(N(c2cccc(-c3cccc4c5c(c6ccccc6c34)-c3c(cc(N(c4ccccc4)c4ccccc4-c4ccccc4)c4ccccc34)C53c4ccccc4-c4ccccc43)c2)c2cc3c(c4ccccc24)-c2c(c4ccccc4c4ccccc24)C32c3ccccc3-c3ccccc32)cc1C. The molecular formula is C107H70N2. The molecule has 0 atom stereocenters. The van der Waals surface area contributed by atoms with Gasteiger partial charge in [0.1, 0.15) is 0 Å². The van der Waals surface area contributed by atoms with Gasteiger partial charge in [-0.25, -0.2) is 0 Å². The molecule has 0 saturated carbocycles. The first-order chi connectivity index (χ1) is 53.9. The zero-order valence-corrected chi connectivity index (χ0v) is 60.6. The molecule has 19 aromatic rings. The van der Waals surface area contributed by atoms with Gasteiger partial charge in [-0.15, -0.1) is 0 Å². The van der Waals surface area contributed by atoms with Crippen molar-refractivity contribution in [3.05, 3.63) is 431 Å². The van der Waals surface area contributed by atoms with Gasteiger partial charge in [-0.2, -0.15) is 0 Å². The number of para-hydroxylation sites is 2. The van der Waals surface area contributed by atoms with Gasteiger partial charge in [0.15, 0.2) is 0 Å². The minimum absolute atomic E-state index is 0.670. The first-order valence-corrected chi connectivity index (χ1v) is 38.3. The number of benzene rings is 19. The Hall–Kier alpha value is -13.7. The van der Waals surface area contributed by atoms with Crippen molar-refractivity contribution in [2.75, 3.05) is 9.80 Å². The van der Waals surface area contributed by atoms with Gasteiger partial charge >= 0.3 is 0 Å². The van der Waals surface area contributed by atoms with E-state index in [9.17, 15) is 0 Å². The summed E-state index contributed by atoms with van der Waals surface area (Å²) in [5.74, 6) is 0. The summed E-state index contributed by atoms with van der Waals surface area (Å²) in [5.41, 5.74) is 34.5. The molecule has 0 radical (unpaired) electrons. The van der Waals surface area contributed by atoms with Crippen LogP contribution in [0.3, 0.4) is 0 Å². The number of hydrogen-bond donors (Lipinski definition) is 0. The molecular weight excluding hydrogens is 1310 g/mol. The number of hydrogen-bond acceptors (Lipinski definition) is 2. The van der Waals surface area contributed by atoms with Crippen molar-refractivity contribution in [2.24, 2.45) is 0 Å². The first kappa shape index (κ1) is 61.6. The quantitative estimate of drug-likeness (QED) is 0.140. The summed E-state index contributed by atoms with van der Waals surface area (Å²) in [6.07, 6.45) is 0. The van der Waals surface area contributed by atoms with Crippen LogP contribution in [-0.4, -0.2) is 0 Å². The molecule has 0 bridgehead atoms. The molecule has 2 spiro atoms. The van der Waals surface area contributed by atoms with E-state index in [1.54, 1.807) is 0 Å². The maximum absolute atomic E-state index is 2.64. The van der Waals surface area contributed by atoms with Crippen molar-refractivity contribution in [1.29, 1.82) is 0 Å². The van der Waals surface area contributed by atoms with Crippen LogP contribution in [0.15, 0.2) is 370 Å². The molecule has 0 heterocycles. The molecule has 4 aliphatic carbocycles. The molecule has 0 unspecified atom stereocenters. The lowest BCUT2D eigenvalue weighted by Crippen LogP contribution is -2.26. The van der Waals surface area contributed by atoms with Crippen molar-refractivity contribution in [1.82, 2.24) is 0 Å². The van der Waals surface area contributed by atoms with Gasteiger partial charge < -0.3 is 9.80 Å². The number of aryl methyl sites for hydroxylation is 3. The van der Waals surface area contributed by atoms with E-state index in [0.29, 0.717) is 0 Å². The standard InChI is InChI=1S/C107H70N2/c1-65-60-67(3)96(61-66(65)2)109(98-64-93-100(84-49-16-13-46-81(84)98)102-82-47-14-10-39-74(82)75-40-11-19-52-87(75)104(102)106(93)89-55-25-20-41-76(89)77-42-21-26-56-90(77)106)71-37-30-34-69(62-71)73-53-31-54-88-99(73)85-50-17-18-51-86(85)103-101-83-48-15-12-45-80(83)97(63-94(101)107(105(88)103)91-57-27-22-43-78(91)79-44-23-28-58-92(79)107)108(70-35-8-5-9-36-70)95-59-29-24-38-72(95)68-32-6-4-7-33-68/h4-64H,1-3H3. The molecule has 0 fully saturated rings. The fourth-order valence-corrected chi connectivity index (χ4v) is 20.9. The predicted octanol–water partition coefficient (Wildman–Crippen LogP) is 28.5. The Kier molecular flexibility index (Phi) is 13.1. The summed E-state index contributed by atoms with van der Waals surface area (Å²) in [5, 5.41) is 14.9. The Morgan fingerprint density at radius 1 is 0.193 bits per heavy atom. The van der Waals surface area contributed by atoms with Crippen LogP contribution in [-0.2, 0) is 10.8 Å². The monoisotopic (exact) mass is 1380 g/mol. The molecule has 0 saturated heterocycles. The predicted molar refractivity (Wildman–Crippen MR) is 459 cm³/mol. The van der Waals surface area contributed by atoms with Crippen LogP contribution in [0.2, 0.25) is 0 Å². The molecule has 23 rings (SSSR count). The molecule has 109 heavy (non-hydrogen) atoms. The van der Waals surface area contributed by atoms with E-state index in [4.69, 9.17) is 0 Å². The zero-order valence-electron chi connectivity index (χ0n) is 60.6. The summed E-state index contributed by atoms with van der Waals surface area (Å²) in [6, 6.07) is 141. The van der Waals surface area contributed by atoms with Crippen molar-refractivity contribution in [3.63, 3.8) is 0 Å². The highest BCUT2D eigenvalue weighted by Crippen LogP contribution is 2.70. The lowest BCUT2D eigenvalue weighted by molar-refractivity contribution is 0.802. The van der Waals surface area contributed by atoms with Crippen LogP contribution < -0.4 is 9.80 Å². The van der Waals surface area contributed by atoms with E-state index in [-0.39, 0.29) is 0 Å². The normalized spacial score (nSPS) is 13.4. The fourth-order valence-electron chi connectivity index (χ4n) is 20.9. The average Bonchev–Trinajstić information content (AvgIpc) is 1.41.